The lowest BCUT2D eigenvalue weighted by molar-refractivity contribution is -0.254. The van der Waals surface area contributed by atoms with Gasteiger partial charge in [-0.25, -0.2) is 9.26 Å². The number of fused-ring (bicyclic) bond motifs is 2. The van der Waals surface area contributed by atoms with Gasteiger partial charge in [0.25, 0.3) is 0 Å². The highest BCUT2D eigenvalue weighted by molar-refractivity contribution is 6.10. The Balaban J connectivity index is 1.36. The Morgan fingerprint density at radius 2 is 1.68 bits per heavy atom. The van der Waals surface area contributed by atoms with E-state index in [4.69, 9.17) is 9.15 Å². The van der Waals surface area contributed by atoms with Crippen LogP contribution in [0.2, 0.25) is 0 Å². The third-order valence-electron chi connectivity index (χ3n) is 9.74. The summed E-state index contributed by atoms with van der Waals surface area (Å²) in [5.74, 6) is 0.658. The van der Waals surface area contributed by atoms with E-state index >= 15 is 0 Å². The molecule has 12 nitrogen and oxygen atoms in total. The monoisotopic (exact) mass is 684 g/mol. The molecule has 0 amide bonds. The number of benzene rings is 3. The maximum atomic E-state index is 14.0. The summed E-state index contributed by atoms with van der Waals surface area (Å²) in [7, 11) is 0. The molecule has 264 valence electrons. The average molecular weight is 685 g/mol. The molecule has 3 aliphatic rings. The van der Waals surface area contributed by atoms with Crippen LogP contribution in [-0.2, 0) is 11.2 Å². The average Bonchev–Trinajstić information content (AvgIpc) is 3.61. The second-order valence-electron chi connectivity index (χ2n) is 12.6. The van der Waals surface area contributed by atoms with Crippen molar-refractivity contribution in [3.8, 4) is 22.5 Å². The number of rotatable bonds is 12. The molecule has 3 aromatic rings. The van der Waals surface area contributed by atoms with Crippen LogP contribution in [-0.4, -0.2) is 98.4 Å². The van der Waals surface area contributed by atoms with Crippen molar-refractivity contribution in [2.45, 2.75) is 71.2 Å². The number of anilines is 1. The van der Waals surface area contributed by atoms with E-state index in [9.17, 15) is 25.2 Å². The van der Waals surface area contributed by atoms with Crippen molar-refractivity contribution in [2.24, 2.45) is 0 Å². The van der Waals surface area contributed by atoms with Crippen LogP contribution < -0.4 is 14.8 Å². The van der Waals surface area contributed by atoms with E-state index < -0.39 is 37.3 Å². The Bertz CT molecular complexity index is 1990. The van der Waals surface area contributed by atoms with Crippen molar-refractivity contribution >= 4 is 22.4 Å². The van der Waals surface area contributed by atoms with Gasteiger partial charge in [-0.2, -0.15) is 0 Å². The summed E-state index contributed by atoms with van der Waals surface area (Å²) in [5.41, 5.74) is 5.50. The van der Waals surface area contributed by atoms with Gasteiger partial charge >= 0.3 is 0 Å². The molecule has 12 heteroatoms. The van der Waals surface area contributed by atoms with Crippen LogP contribution in [0.25, 0.3) is 33.4 Å². The number of ketones is 1. The van der Waals surface area contributed by atoms with E-state index in [2.05, 4.69) is 83.9 Å². The molecule has 0 spiro atoms. The van der Waals surface area contributed by atoms with Crippen molar-refractivity contribution in [2.75, 3.05) is 37.7 Å². The Kier molecular flexibility index (Phi) is 10.7. The summed E-state index contributed by atoms with van der Waals surface area (Å²) in [4.78, 5) is 16.3. The number of carbonyl (C=O) groups excluding carboxylic acids is 1. The maximum Gasteiger partial charge on any atom is 0.203 e. The molecule has 1 fully saturated rings. The molecular weight excluding hydrogens is 638 g/mol. The highest BCUT2D eigenvalue weighted by Gasteiger charge is 2.44. The molecule has 2 aliphatic heterocycles. The Labute approximate surface area is 290 Å². The largest absolute Gasteiger partial charge is 0.456 e. The van der Waals surface area contributed by atoms with E-state index in [-0.39, 0.29) is 18.6 Å². The zero-order valence-corrected chi connectivity index (χ0v) is 28.9. The standard InChI is InChI=1S/C38H46N5O7/c1-5-41(6-2)24-14-16-28-31(19-24)49-32-20-25(42(7-3)8-4)15-17-29(32)34(28)27-12-10-9-11-26(27)30(45)18-13-23-21-43(40-39-23)38-37(48)36(47)35(46)33(22-44)50-38/h9-12,14-17,19-21,33,35-38,44,46-48H,5-8,13,18,22H2,1-4H3/q+1/t33-,35-,36+,37-,38-/m1/s1. The molecule has 2 aromatic carbocycles. The van der Waals surface area contributed by atoms with E-state index in [1.807, 2.05) is 24.3 Å². The topological polar surface area (TPSA) is 157 Å². The van der Waals surface area contributed by atoms with Gasteiger partial charge in [-0.3, -0.25) is 4.79 Å². The summed E-state index contributed by atoms with van der Waals surface area (Å²) in [5, 5.41) is 50.6. The van der Waals surface area contributed by atoms with Crippen LogP contribution in [0.1, 0.15) is 56.4 Å². The van der Waals surface area contributed by atoms with Crippen molar-refractivity contribution in [3.05, 3.63) is 83.5 Å². The second kappa shape index (κ2) is 15.2. The summed E-state index contributed by atoms with van der Waals surface area (Å²) >= 11 is 0. The Morgan fingerprint density at radius 1 is 0.920 bits per heavy atom. The van der Waals surface area contributed by atoms with Gasteiger partial charge in [-0.15, -0.1) is 5.10 Å². The van der Waals surface area contributed by atoms with Crippen LogP contribution in [0.3, 0.4) is 0 Å². The summed E-state index contributed by atoms with van der Waals surface area (Å²) in [6.45, 7) is 11.4. The van der Waals surface area contributed by atoms with E-state index in [1.54, 1.807) is 0 Å². The number of aromatic nitrogens is 3. The number of hydrogen-bond donors (Lipinski definition) is 4. The molecular formula is C38H46N5O7+. The fourth-order valence-electron chi connectivity index (χ4n) is 6.90. The van der Waals surface area contributed by atoms with Crippen molar-refractivity contribution < 1.29 is 34.4 Å². The molecule has 1 saturated heterocycles. The van der Waals surface area contributed by atoms with E-state index in [0.717, 1.165) is 70.6 Å². The molecule has 1 aliphatic carbocycles. The Morgan fingerprint density at radius 3 is 2.40 bits per heavy atom. The number of carbonyl (C=O) groups is 1. The first-order valence-corrected chi connectivity index (χ1v) is 17.4. The molecule has 6 rings (SSSR count). The normalized spacial score (nSPS) is 20.8. The number of nitrogens with zero attached hydrogens (tertiary/aromatic N) is 5. The fourth-order valence-corrected chi connectivity index (χ4v) is 6.90. The molecule has 0 unspecified atom stereocenters. The lowest BCUT2D eigenvalue weighted by atomic mass is 9.88. The van der Waals surface area contributed by atoms with Crippen LogP contribution in [0.5, 0.6) is 0 Å². The predicted octanol–water partition coefficient (Wildman–Crippen LogP) is 3.24. The molecule has 5 atom stereocenters. The third-order valence-corrected chi connectivity index (χ3v) is 9.74. The zero-order chi connectivity index (χ0) is 35.5. The number of aliphatic hydroxyl groups excluding tert-OH is 4. The number of hydrogen-bond acceptors (Lipinski definition) is 10. The van der Waals surface area contributed by atoms with Crippen LogP contribution in [0.15, 0.2) is 71.3 Å². The summed E-state index contributed by atoms with van der Waals surface area (Å²) in [6.07, 6.45) is -4.83. The van der Waals surface area contributed by atoms with Gasteiger partial charge in [0.15, 0.2) is 12.0 Å². The third kappa shape index (κ3) is 6.69. The molecule has 50 heavy (non-hydrogen) atoms. The number of aryl methyl sites for hydroxylation is 1. The smallest absolute Gasteiger partial charge is 0.203 e. The summed E-state index contributed by atoms with van der Waals surface area (Å²) in [6, 6.07) is 20.2. The predicted molar refractivity (Wildman–Crippen MR) is 190 cm³/mol. The van der Waals surface area contributed by atoms with Crippen molar-refractivity contribution in [3.63, 3.8) is 0 Å². The highest BCUT2D eigenvalue weighted by Crippen LogP contribution is 2.42. The van der Waals surface area contributed by atoms with Crippen molar-refractivity contribution in [1.82, 2.24) is 19.6 Å². The fraction of sp³-hybridized carbons (Fsp3) is 0.421. The number of aliphatic hydroxyl groups is 4. The van der Waals surface area contributed by atoms with Gasteiger partial charge in [0.2, 0.25) is 5.36 Å². The highest BCUT2D eigenvalue weighted by atomic mass is 16.6. The maximum absolute atomic E-state index is 14.0. The minimum Gasteiger partial charge on any atom is -0.456 e. The zero-order valence-electron chi connectivity index (χ0n) is 28.9. The molecule has 0 bridgehead atoms. The molecule has 4 N–H and O–H groups in total. The molecule has 0 saturated carbocycles. The Hall–Kier alpha value is -4.46. The van der Waals surface area contributed by atoms with Gasteiger partial charge in [0.05, 0.1) is 24.6 Å². The lowest BCUT2D eigenvalue weighted by Gasteiger charge is -2.39. The van der Waals surface area contributed by atoms with Gasteiger partial charge in [0.1, 0.15) is 48.8 Å². The van der Waals surface area contributed by atoms with Crippen LogP contribution in [0.4, 0.5) is 5.69 Å². The molecule has 1 aromatic heterocycles. The van der Waals surface area contributed by atoms with E-state index in [0.29, 0.717) is 11.3 Å². The quantitative estimate of drug-likeness (QED) is 0.0874. The van der Waals surface area contributed by atoms with Gasteiger partial charge in [0, 0.05) is 65.8 Å². The SMILES string of the molecule is CCN(CC)c1ccc2c(-c3ccccc3C(=O)CCc3cn([C@@H]4O[C@H](CO)[C@@H](O)[C@H](O)[C@H]4O)nn3)c3ccc(=[N+](CC)CC)cc-3oc2c1. The molecule has 0 radical (unpaired) electrons. The number of Topliss-reactive ketones (excluding diaryl/α,β-unsaturated/α-hetero) is 1. The minimum atomic E-state index is -1.54. The first-order valence-electron chi connectivity index (χ1n) is 17.4. The van der Waals surface area contributed by atoms with E-state index in [1.165, 1.54) is 10.9 Å². The van der Waals surface area contributed by atoms with Gasteiger partial charge in [-0.05, 0) is 51.5 Å². The van der Waals surface area contributed by atoms with Crippen LogP contribution in [0, 0.1) is 0 Å². The van der Waals surface area contributed by atoms with Crippen molar-refractivity contribution in [1.29, 1.82) is 0 Å². The minimum absolute atomic E-state index is 0.0791. The first kappa shape index (κ1) is 35.4. The lowest BCUT2D eigenvalue weighted by Crippen LogP contribution is -2.56. The van der Waals surface area contributed by atoms with Gasteiger partial charge in [-0.1, -0.05) is 29.5 Å². The van der Waals surface area contributed by atoms with Crippen LogP contribution >= 0.6 is 0 Å². The molecule has 3 heterocycles. The number of ether oxygens (including phenoxy) is 1. The first-order chi connectivity index (χ1) is 24.2. The summed E-state index contributed by atoms with van der Waals surface area (Å²) < 4.78 is 15.7. The second-order valence-corrected chi connectivity index (χ2v) is 12.6. The van der Waals surface area contributed by atoms with Gasteiger partial charge < -0.3 is 34.5 Å².